The van der Waals surface area contributed by atoms with E-state index >= 15 is 0 Å². The molecule has 2 rings (SSSR count). The molecule has 0 spiro atoms. The van der Waals surface area contributed by atoms with Crippen molar-refractivity contribution < 1.29 is 5.11 Å². The number of anilines is 1. The summed E-state index contributed by atoms with van der Waals surface area (Å²) in [5.74, 6) is 0. The number of benzene rings is 1. The molecule has 0 fully saturated rings. The zero-order chi connectivity index (χ0) is 12.3. The van der Waals surface area contributed by atoms with E-state index < -0.39 is 6.10 Å². The summed E-state index contributed by atoms with van der Waals surface area (Å²) >= 11 is 5.16. The van der Waals surface area contributed by atoms with Gasteiger partial charge in [-0.1, -0.05) is 18.2 Å². The van der Waals surface area contributed by atoms with E-state index in [1.165, 1.54) is 4.88 Å². The third kappa shape index (κ3) is 3.31. The second kappa shape index (κ2) is 5.67. The Morgan fingerprint density at radius 3 is 2.71 bits per heavy atom. The number of para-hydroxylation sites is 1. The van der Waals surface area contributed by atoms with Gasteiger partial charge in [0.1, 0.15) is 0 Å². The van der Waals surface area contributed by atoms with Gasteiger partial charge in [-0.2, -0.15) is 0 Å². The first-order chi connectivity index (χ1) is 8.16. The van der Waals surface area contributed by atoms with E-state index in [0.717, 1.165) is 21.6 Å². The Labute approximate surface area is 113 Å². The number of halogens is 1. The van der Waals surface area contributed by atoms with Crippen molar-refractivity contribution >= 4 is 33.0 Å². The first-order valence-corrected chi connectivity index (χ1v) is 7.03. The van der Waals surface area contributed by atoms with Crippen LogP contribution in [0, 0.1) is 0 Å². The molecule has 2 N–H and O–H groups in total. The number of hydrogen-bond acceptors (Lipinski definition) is 3. The molecule has 1 aromatic carbocycles. The SMILES string of the molecule is CC(O)c1ccccc1NCc1ccc(Br)s1. The maximum Gasteiger partial charge on any atom is 0.0781 e. The van der Waals surface area contributed by atoms with E-state index in [0.29, 0.717) is 0 Å². The molecule has 0 amide bonds. The van der Waals surface area contributed by atoms with Gasteiger partial charge in [0.2, 0.25) is 0 Å². The van der Waals surface area contributed by atoms with Gasteiger partial charge in [0.25, 0.3) is 0 Å². The highest BCUT2D eigenvalue weighted by molar-refractivity contribution is 9.11. The minimum Gasteiger partial charge on any atom is -0.389 e. The van der Waals surface area contributed by atoms with Crippen LogP contribution in [0.5, 0.6) is 0 Å². The fourth-order valence-corrected chi connectivity index (χ4v) is 3.07. The summed E-state index contributed by atoms with van der Waals surface area (Å²) in [6.45, 7) is 2.56. The molecule has 17 heavy (non-hydrogen) atoms. The average molecular weight is 312 g/mol. The Morgan fingerprint density at radius 2 is 2.06 bits per heavy atom. The lowest BCUT2D eigenvalue weighted by Crippen LogP contribution is -2.02. The third-order valence-electron chi connectivity index (χ3n) is 2.49. The van der Waals surface area contributed by atoms with Gasteiger partial charge in [0.05, 0.1) is 9.89 Å². The molecule has 90 valence electrons. The third-order valence-corrected chi connectivity index (χ3v) is 4.12. The lowest BCUT2D eigenvalue weighted by molar-refractivity contribution is 0.200. The maximum atomic E-state index is 9.66. The zero-order valence-corrected chi connectivity index (χ0v) is 11.9. The van der Waals surface area contributed by atoms with Crippen molar-refractivity contribution in [3.05, 3.63) is 50.6 Å². The molecule has 2 nitrogen and oxygen atoms in total. The highest BCUT2D eigenvalue weighted by Crippen LogP contribution is 2.25. The number of aliphatic hydroxyl groups excluding tert-OH is 1. The Bertz CT molecular complexity index is 496. The van der Waals surface area contributed by atoms with E-state index in [2.05, 4.69) is 27.3 Å². The summed E-state index contributed by atoms with van der Waals surface area (Å²) in [6.07, 6.45) is -0.450. The number of thiophene rings is 1. The molecule has 0 saturated heterocycles. The number of hydrogen-bond donors (Lipinski definition) is 2. The highest BCUT2D eigenvalue weighted by atomic mass is 79.9. The minimum atomic E-state index is -0.450. The van der Waals surface area contributed by atoms with E-state index in [1.54, 1.807) is 18.3 Å². The number of nitrogens with one attached hydrogen (secondary N) is 1. The predicted molar refractivity (Wildman–Crippen MR) is 76.4 cm³/mol. The van der Waals surface area contributed by atoms with Gasteiger partial charge in [0.15, 0.2) is 0 Å². The average Bonchev–Trinajstić information content (AvgIpc) is 2.73. The van der Waals surface area contributed by atoms with E-state index in [4.69, 9.17) is 0 Å². The Balaban J connectivity index is 2.08. The van der Waals surface area contributed by atoms with E-state index in [1.807, 2.05) is 30.3 Å². The molecule has 0 bridgehead atoms. The van der Waals surface area contributed by atoms with Crippen molar-refractivity contribution in [2.45, 2.75) is 19.6 Å². The summed E-state index contributed by atoms with van der Waals surface area (Å²) in [5.41, 5.74) is 1.93. The van der Waals surface area contributed by atoms with Crippen molar-refractivity contribution in [3.8, 4) is 0 Å². The second-order valence-electron chi connectivity index (χ2n) is 3.82. The van der Waals surface area contributed by atoms with Gasteiger partial charge in [-0.3, -0.25) is 0 Å². The van der Waals surface area contributed by atoms with Crippen LogP contribution < -0.4 is 5.32 Å². The molecule has 1 aromatic heterocycles. The van der Waals surface area contributed by atoms with Crippen LogP contribution in [0.4, 0.5) is 5.69 Å². The maximum absolute atomic E-state index is 9.66. The summed E-state index contributed by atoms with van der Waals surface area (Å²) < 4.78 is 1.14. The summed E-state index contributed by atoms with van der Waals surface area (Å²) in [6, 6.07) is 12.0. The lowest BCUT2D eigenvalue weighted by atomic mass is 10.1. The Hall–Kier alpha value is -0.840. The summed E-state index contributed by atoms with van der Waals surface area (Å²) in [7, 11) is 0. The fraction of sp³-hybridized carbons (Fsp3) is 0.231. The van der Waals surface area contributed by atoms with Crippen LogP contribution >= 0.6 is 27.3 Å². The van der Waals surface area contributed by atoms with E-state index in [-0.39, 0.29) is 0 Å². The van der Waals surface area contributed by atoms with Gasteiger partial charge in [-0.05, 0) is 41.1 Å². The lowest BCUT2D eigenvalue weighted by Gasteiger charge is -2.13. The topological polar surface area (TPSA) is 32.3 Å². The monoisotopic (exact) mass is 311 g/mol. The fourth-order valence-electron chi connectivity index (χ4n) is 1.65. The van der Waals surface area contributed by atoms with E-state index in [9.17, 15) is 5.11 Å². The standard InChI is InChI=1S/C13H14BrNOS/c1-9(16)11-4-2-3-5-12(11)15-8-10-6-7-13(14)17-10/h2-7,9,15-16H,8H2,1H3. The molecule has 0 aliphatic carbocycles. The molecule has 1 heterocycles. The van der Waals surface area contributed by atoms with Crippen LogP contribution in [-0.2, 0) is 6.54 Å². The van der Waals surface area contributed by atoms with Crippen molar-refractivity contribution in [2.75, 3.05) is 5.32 Å². The molecular weight excluding hydrogens is 298 g/mol. The number of rotatable bonds is 4. The molecule has 1 atom stereocenters. The molecule has 1 unspecified atom stereocenters. The largest absolute Gasteiger partial charge is 0.389 e. The Morgan fingerprint density at radius 1 is 1.29 bits per heavy atom. The highest BCUT2D eigenvalue weighted by Gasteiger charge is 2.06. The van der Waals surface area contributed by atoms with Crippen LogP contribution in [0.2, 0.25) is 0 Å². The smallest absolute Gasteiger partial charge is 0.0781 e. The molecule has 4 heteroatoms. The van der Waals surface area contributed by atoms with Gasteiger partial charge in [-0.15, -0.1) is 11.3 Å². The quantitative estimate of drug-likeness (QED) is 0.888. The molecule has 2 aromatic rings. The molecular formula is C13H14BrNOS. The van der Waals surface area contributed by atoms with Gasteiger partial charge in [-0.25, -0.2) is 0 Å². The predicted octanol–water partition coefficient (Wildman–Crippen LogP) is 4.18. The van der Waals surface area contributed by atoms with Crippen LogP contribution in [0.3, 0.4) is 0 Å². The van der Waals surface area contributed by atoms with Crippen molar-refractivity contribution in [2.24, 2.45) is 0 Å². The molecule has 0 aliphatic rings. The van der Waals surface area contributed by atoms with Crippen molar-refractivity contribution in [1.82, 2.24) is 0 Å². The Kier molecular flexibility index (Phi) is 4.20. The second-order valence-corrected chi connectivity index (χ2v) is 6.37. The molecule has 0 radical (unpaired) electrons. The van der Waals surface area contributed by atoms with Crippen molar-refractivity contribution in [1.29, 1.82) is 0 Å². The zero-order valence-electron chi connectivity index (χ0n) is 9.48. The van der Waals surface area contributed by atoms with Crippen LogP contribution in [-0.4, -0.2) is 5.11 Å². The summed E-state index contributed by atoms with van der Waals surface area (Å²) in [5, 5.41) is 13.0. The molecule has 0 aliphatic heterocycles. The van der Waals surface area contributed by atoms with Gasteiger partial charge < -0.3 is 10.4 Å². The van der Waals surface area contributed by atoms with Crippen LogP contribution in [0.1, 0.15) is 23.5 Å². The van der Waals surface area contributed by atoms with Gasteiger partial charge in [0, 0.05) is 22.7 Å². The van der Waals surface area contributed by atoms with Gasteiger partial charge >= 0.3 is 0 Å². The van der Waals surface area contributed by atoms with Crippen LogP contribution in [0.15, 0.2) is 40.2 Å². The van der Waals surface area contributed by atoms with Crippen LogP contribution in [0.25, 0.3) is 0 Å². The van der Waals surface area contributed by atoms with Crippen molar-refractivity contribution in [3.63, 3.8) is 0 Å². The first-order valence-electron chi connectivity index (χ1n) is 5.42. The summed E-state index contributed by atoms with van der Waals surface area (Å²) in [4.78, 5) is 1.26. The number of aliphatic hydroxyl groups is 1. The minimum absolute atomic E-state index is 0.450. The molecule has 0 saturated carbocycles. The normalized spacial score (nSPS) is 12.4. The first kappa shape index (κ1) is 12.6.